The van der Waals surface area contributed by atoms with Crippen LogP contribution in [0.15, 0.2) is 91.3 Å². The van der Waals surface area contributed by atoms with Crippen LogP contribution in [0.4, 0.5) is 16.4 Å². The van der Waals surface area contributed by atoms with Crippen molar-refractivity contribution in [2.45, 2.75) is 52.1 Å². The maximum absolute atomic E-state index is 11.9. The van der Waals surface area contributed by atoms with Crippen LogP contribution in [0.2, 0.25) is 0 Å². The summed E-state index contributed by atoms with van der Waals surface area (Å²) in [5.74, 6) is 1.37. The Morgan fingerprint density at radius 2 is 1.57 bits per heavy atom. The number of nitriles is 1. The van der Waals surface area contributed by atoms with E-state index in [2.05, 4.69) is 95.2 Å². The highest BCUT2D eigenvalue weighted by Crippen LogP contribution is 2.39. The monoisotopic (exact) mass is 788 g/mol. The van der Waals surface area contributed by atoms with Gasteiger partial charge in [-0.3, -0.25) is 4.79 Å². The summed E-state index contributed by atoms with van der Waals surface area (Å²) in [6.07, 6.45) is 5.15. The smallest absolute Gasteiger partial charge is 0.407 e. The van der Waals surface area contributed by atoms with Gasteiger partial charge in [0.25, 0.3) is 0 Å². The number of primary amides is 1. The molecule has 2 aliphatic rings. The van der Waals surface area contributed by atoms with Gasteiger partial charge in [-0.15, -0.1) is 22.7 Å². The fourth-order valence-electron chi connectivity index (χ4n) is 6.74. The highest BCUT2D eigenvalue weighted by molar-refractivity contribution is 7.22. The highest BCUT2D eigenvalue weighted by Gasteiger charge is 2.35. The van der Waals surface area contributed by atoms with E-state index in [0.717, 1.165) is 45.4 Å². The minimum atomic E-state index is -1.04. The molecule has 2 aromatic carbocycles. The molecule has 2 saturated heterocycles. The van der Waals surface area contributed by atoms with Crippen molar-refractivity contribution in [3.05, 3.63) is 96.8 Å². The number of rotatable bonds is 7. The topological polar surface area (TPSA) is 169 Å². The Kier molecular flexibility index (Phi) is 13.5. The van der Waals surface area contributed by atoms with E-state index >= 15 is 0 Å². The molecule has 3 atom stereocenters. The van der Waals surface area contributed by atoms with E-state index in [9.17, 15) is 20.0 Å². The number of nitrogens with one attached hydrogen (secondary N) is 3. The van der Waals surface area contributed by atoms with Crippen LogP contribution in [-0.4, -0.2) is 70.2 Å². The molecule has 2 aliphatic heterocycles. The molecule has 13 heteroatoms. The van der Waals surface area contributed by atoms with Crippen molar-refractivity contribution in [1.29, 1.82) is 5.26 Å². The van der Waals surface area contributed by atoms with E-state index < -0.39 is 24.0 Å². The zero-order chi connectivity index (χ0) is 39.6. The molecule has 290 valence electrons. The van der Waals surface area contributed by atoms with Crippen LogP contribution in [0, 0.1) is 23.2 Å². The Labute approximate surface area is 335 Å². The molecule has 6 N–H and O–H groups in total. The fraction of sp³-hybridized carbons (Fsp3) is 0.326. The Morgan fingerprint density at radius 1 is 0.929 bits per heavy atom. The zero-order valence-corrected chi connectivity index (χ0v) is 33.5. The largest absolute Gasteiger partial charge is 0.465 e. The third-order valence-electron chi connectivity index (χ3n) is 9.45. The fourth-order valence-corrected chi connectivity index (χ4v) is 8.93. The van der Waals surface area contributed by atoms with Crippen LogP contribution in [0.25, 0.3) is 41.1 Å². The summed E-state index contributed by atoms with van der Waals surface area (Å²) in [4.78, 5) is 35.9. The Morgan fingerprint density at radius 3 is 2.18 bits per heavy atom. The lowest BCUT2D eigenvalue weighted by atomic mass is 9.91. The summed E-state index contributed by atoms with van der Waals surface area (Å²) in [7, 11) is 0. The van der Waals surface area contributed by atoms with E-state index in [1.54, 1.807) is 0 Å². The molecule has 0 spiro atoms. The average molecular weight is 789 g/mol. The summed E-state index contributed by atoms with van der Waals surface area (Å²) >= 11 is 3.32. The Hall–Kier alpha value is -5.55. The van der Waals surface area contributed by atoms with Crippen LogP contribution in [-0.2, 0) is 4.79 Å². The lowest BCUT2D eigenvalue weighted by Gasteiger charge is -2.36. The molecule has 2 fully saturated rings. The van der Waals surface area contributed by atoms with Gasteiger partial charge in [-0.1, -0.05) is 81.4 Å². The van der Waals surface area contributed by atoms with Crippen LogP contribution in [0.1, 0.15) is 45.6 Å². The first-order chi connectivity index (χ1) is 27.1. The number of anilines is 2. The van der Waals surface area contributed by atoms with Crippen molar-refractivity contribution < 1.29 is 14.7 Å². The number of pyridine rings is 2. The molecule has 0 aliphatic carbocycles. The maximum atomic E-state index is 11.9. The standard InChI is InChI=1S/C21H19N5O3S.C18H19N3S.C4H10/c22-9-13-10-24-20(15-8-17(30-18(13)15)12-4-2-1-3-5-12)25-16-11-26(21(28)29)7-6-14(16)19(23)27;1-2-5-13(6-3-1)17-11-15-16(22-17)8-10-20-18(15)21-14-7-4-9-19-12-14;1-4(2)3/h1-5,8,10,14,16H,6-7,11H2,(H2,23,27)(H,24,25)(H,28,29);1-3,5-6,8,10-11,14,19H,4,7,9,12H2,(H,20,21);4H,1-3H3/t14-,16+;14-;/m00./s1. The third kappa shape index (κ3) is 10.00. The van der Waals surface area contributed by atoms with Gasteiger partial charge in [-0.25, -0.2) is 14.8 Å². The molecular formula is C43H48N8O3S2. The quantitative estimate of drug-likeness (QED) is 0.106. The molecule has 0 saturated carbocycles. The number of fused-ring (bicyclic) bond motifs is 2. The Balaban J connectivity index is 0.000000180. The number of amides is 2. The first-order valence-corrected chi connectivity index (χ1v) is 20.6. The molecule has 56 heavy (non-hydrogen) atoms. The maximum Gasteiger partial charge on any atom is 0.407 e. The minimum absolute atomic E-state index is 0.127. The predicted octanol–water partition coefficient (Wildman–Crippen LogP) is 8.89. The van der Waals surface area contributed by atoms with Gasteiger partial charge in [0.2, 0.25) is 5.91 Å². The van der Waals surface area contributed by atoms with Crippen LogP contribution >= 0.6 is 22.7 Å². The first kappa shape index (κ1) is 40.1. The number of nitrogens with zero attached hydrogens (tertiary/aromatic N) is 4. The summed E-state index contributed by atoms with van der Waals surface area (Å²) in [5.41, 5.74) is 8.33. The summed E-state index contributed by atoms with van der Waals surface area (Å²) in [5, 5.41) is 31.1. The lowest BCUT2D eigenvalue weighted by Crippen LogP contribution is -2.53. The van der Waals surface area contributed by atoms with Gasteiger partial charge < -0.3 is 31.7 Å². The zero-order valence-electron chi connectivity index (χ0n) is 31.9. The number of benzene rings is 2. The van der Waals surface area contributed by atoms with Crippen molar-refractivity contribution in [2.24, 2.45) is 17.6 Å². The molecule has 2 amide bonds. The number of aromatic nitrogens is 2. The van der Waals surface area contributed by atoms with Crippen LogP contribution in [0.5, 0.6) is 0 Å². The molecule has 0 radical (unpaired) electrons. The average Bonchev–Trinajstić information content (AvgIpc) is 3.86. The highest BCUT2D eigenvalue weighted by atomic mass is 32.1. The molecule has 11 nitrogen and oxygen atoms in total. The van der Waals surface area contributed by atoms with Gasteiger partial charge in [0.1, 0.15) is 17.7 Å². The van der Waals surface area contributed by atoms with Crippen LogP contribution < -0.4 is 21.7 Å². The number of piperidine rings is 2. The predicted molar refractivity (Wildman–Crippen MR) is 229 cm³/mol. The molecule has 0 bridgehead atoms. The van der Waals surface area contributed by atoms with Gasteiger partial charge in [0, 0.05) is 63.3 Å². The molecule has 6 heterocycles. The number of likely N-dealkylation sites (tertiary alicyclic amines) is 1. The SMILES string of the molecule is CC(C)C.N#Cc1cnc(N[C@@H]2CN(C(=O)O)CC[C@@H]2C(N)=O)c2cc(-c3ccccc3)sc12.c1ccc(-c2cc3c(N[C@H]4CCCNC4)nccc3s2)cc1. The van der Waals surface area contributed by atoms with E-state index in [0.29, 0.717) is 23.8 Å². The normalized spacial score (nSPS) is 17.9. The van der Waals surface area contributed by atoms with Gasteiger partial charge in [-0.05, 0) is 61.1 Å². The first-order valence-electron chi connectivity index (χ1n) is 18.9. The lowest BCUT2D eigenvalue weighted by molar-refractivity contribution is -0.123. The van der Waals surface area contributed by atoms with Crippen LogP contribution in [0.3, 0.4) is 0 Å². The number of nitrogens with two attached hydrogens (primary N) is 1. The number of hydrogen-bond donors (Lipinski definition) is 5. The van der Waals surface area contributed by atoms with Crippen molar-refractivity contribution in [2.75, 3.05) is 36.8 Å². The van der Waals surface area contributed by atoms with Crippen molar-refractivity contribution in [1.82, 2.24) is 20.2 Å². The summed E-state index contributed by atoms with van der Waals surface area (Å²) in [6, 6.07) is 28.9. The van der Waals surface area contributed by atoms with Crippen molar-refractivity contribution in [3.8, 4) is 27.0 Å². The van der Waals surface area contributed by atoms with Crippen molar-refractivity contribution in [3.63, 3.8) is 0 Å². The van der Waals surface area contributed by atoms with E-state index in [1.165, 1.54) is 55.8 Å². The number of thiophene rings is 2. The van der Waals surface area contributed by atoms with E-state index in [-0.39, 0.29) is 13.1 Å². The molecule has 0 unspecified atom stereocenters. The number of carboxylic acid groups (broad SMARTS) is 1. The second-order valence-corrected chi connectivity index (χ2v) is 16.7. The van der Waals surface area contributed by atoms with Gasteiger partial charge in [0.15, 0.2) is 0 Å². The minimum Gasteiger partial charge on any atom is -0.465 e. The molecule has 4 aromatic heterocycles. The van der Waals surface area contributed by atoms with E-state index in [1.807, 2.05) is 53.9 Å². The second kappa shape index (κ2) is 18.9. The third-order valence-corrected chi connectivity index (χ3v) is 11.8. The Bertz CT molecular complexity index is 2280. The van der Waals surface area contributed by atoms with E-state index in [4.69, 9.17) is 5.73 Å². The molecular weight excluding hydrogens is 741 g/mol. The van der Waals surface area contributed by atoms with Gasteiger partial charge >= 0.3 is 6.09 Å². The number of carbonyl (C=O) groups excluding carboxylic acids is 1. The summed E-state index contributed by atoms with van der Waals surface area (Å²) < 4.78 is 2.08. The second-order valence-electron chi connectivity index (χ2n) is 14.6. The number of carbonyl (C=O) groups is 2. The molecule has 8 rings (SSSR count). The van der Waals surface area contributed by atoms with Crippen molar-refractivity contribution >= 4 is 66.5 Å². The number of hydrogen-bond acceptors (Lipinski definition) is 10. The van der Waals surface area contributed by atoms with Gasteiger partial charge in [0.05, 0.1) is 22.2 Å². The van der Waals surface area contributed by atoms with Gasteiger partial charge in [-0.2, -0.15) is 5.26 Å². The molecule has 6 aromatic rings. The summed E-state index contributed by atoms with van der Waals surface area (Å²) in [6.45, 7) is 9.04.